The van der Waals surface area contributed by atoms with Gasteiger partial charge in [-0.15, -0.1) is 0 Å². The lowest BCUT2D eigenvalue weighted by Crippen LogP contribution is -2.44. The summed E-state index contributed by atoms with van der Waals surface area (Å²) >= 11 is 0. The minimum absolute atomic E-state index is 0.000877. The lowest BCUT2D eigenvalue weighted by molar-refractivity contribution is 0.188. The Balaban J connectivity index is 1.95. The lowest BCUT2D eigenvalue weighted by atomic mass is 10.1. The largest absolute Gasteiger partial charge is 0.508 e. The molecule has 2 amide bonds. The van der Waals surface area contributed by atoms with Crippen molar-refractivity contribution in [2.45, 2.75) is 45.7 Å². The molecule has 1 aromatic heterocycles. The van der Waals surface area contributed by atoms with E-state index in [0.29, 0.717) is 24.6 Å². The van der Waals surface area contributed by atoms with E-state index in [-0.39, 0.29) is 23.9 Å². The van der Waals surface area contributed by atoms with Crippen LogP contribution in [0.5, 0.6) is 5.75 Å². The van der Waals surface area contributed by atoms with Crippen molar-refractivity contribution < 1.29 is 14.4 Å². The van der Waals surface area contributed by atoms with E-state index < -0.39 is 0 Å². The third-order valence-electron chi connectivity index (χ3n) is 4.01. The van der Waals surface area contributed by atoms with E-state index in [1.54, 1.807) is 31.0 Å². The average Bonchev–Trinajstić information content (AvgIpc) is 3.00. The predicted molar refractivity (Wildman–Crippen MR) is 89.6 cm³/mol. The summed E-state index contributed by atoms with van der Waals surface area (Å²) in [6, 6.07) is 6.54. The van der Waals surface area contributed by atoms with E-state index in [4.69, 9.17) is 4.52 Å². The van der Waals surface area contributed by atoms with E-state index in [9.17, 15) is 9.90 Å². The highest BCUT2D eigenvalue weighted by Gasteiger charge is 2.22. The van der Waals surface area contributed by atoms with Crippen LogP contribution < -0.4 is 5.32 Å². The summed E-state index contributed by atoms with van der Waals surface area (Å²) in [4.78, 5) is 18.3. The van der Waals surface area contributed by atoms with Crippen LogP contribution in [0.3, 0.4) is 0 Å². The molecule has 0 radical (unpaired) electrons. The maximum absolute atomic E-state index is 12.5. The maximum Gasteiger partial charge on any atom is 0.317 e. The second-order valence-electron chi connectivity index (χ2n) is 5.91. The molecular formula is C17H24N4O3. The molecule has 2 aromatic rings. The molecule has 0 fully saturated rings. The number of phenolic OH excluding ortho intramolecular Hbond substituents is 1. The van der Waals surface area contributed by atoms with Crippen molar-refractivity contribution in [3.63, 3.8) is 0 Å². The second-order valence-corrected chi connectivity index (χ2v) is 5.91. The van der Waals surface area contributed by atoms with Gasteiger partial charge in [0.2, 0.25) is 5.89 Å². The number of nitrogens with one attached hydrogen (secondary N) is 1. The number of hydrogen-bond donors (Lipinski definition) is 2. The van der Waals surface area contributed by atoms with E-state index in [0.717, 1.165) is 5.56 Å². The summed E-state index contributed by atoms with van der Waals surface area (Å²) in [5.41, 5.74) is 1.06. The minimum atomic E-state index is -0.279. The number of hydrogen-bond acceptors (Lipinski definition) is 5. The topological polar surface area (TPSA) is 91.5 Å². The van der Waals surface area contributed by atoms with Crippen molar-refractivity contribution in [2.24, 2.45) is 0 Å². The van der Waals surface area contributed by atoms with Gasteiger partial charge in [-0.25, -0.2) is 4.79 Å². The Labute approximate surface area is 141 Å². The number of amides is 2. The summed E-state index contributed by atoms with van der Waals surface area (Å²) in [5, 5.41) is 16.1. The molecule has 2 atom stereocenters. The Hall–Kier alpha value is -2.57. The fourth-order valence-corrected chi connectivity index (χ4v) is 2.37. The first-order valence-corrected chi connectivity index (χ1v) is 8.02. The zero-order valence-corrected chi connectivity index (χ0v) is 14.5. The number of aromatic hydroxyl groups is 1. The number of aromatic nitrogens is 2. The van der Waals surface area contributed by atoms with Gasteiger partial charge in [0.1, 0.15) is 5.75 Å². The van der Waals surface area contributed by atoms with Gasteiger partial charge in [-0.3, -0.25) is 0 Å². The second kappa shape index (κ2) is 7.81. The van der Waals surface area contributed by atoms with Crippen molar-refractivity contribution in [1.82, 2.24) is 20.4 Å². The van der Waals surface area contributed by atoms with Crippen molar-refractivity contribution in [1.29, 1.82) is 0 Å². The SMILES string of the molecule is CC[C@H](NC(=O)N(C)[C@H](C)Cc1ccc(O)cc1)c1noc(C)n1. The quantitative estimate of drug-likeness (QED) is 0.848. The molecule has 7 nitrogen and oxygen atoms in total. The van der Waals surface area contributed by atoms with Crippen molar-refractivity contribution in [3.05, 3.63) is 41.5 Å². The Morgan fingerprint density at radius 1 is 1.38 bits per heavy atom. The first kappa shape index (κ1) is 17.8. The molecule has 2 rings (SSSR count). The number of carbonyl (C=O) groups excluding carboxylic acids is 1. The Morgan fingerprint density at radius 2 is 2.04 bits per heavy atom. The summed E-state index contributed by atoms with van der Waals surface area (Å²) in [7, 11) is 1.76. The number of rotatable bonds is 6. The smallest absolute Gasteiger partial charge is 0.317 e. The van der Waals surface area contributed by atoms with E-state index in [2.05, 4.69) is 15.5 Å². The molecule has 0 spiro atoms. The van der Waals surface area contributed by atoms with Gasteiger partial charge in [-0.05, 0) is 37.5 Å². The zero-order valence-electron chi connectivity index (χ0n) is 14.5. The van der Waals surface area contributed by atoms with Crippen LogP contribution in [0.1, 0.15) is 43.6 Å². The standard InChI is InChI=1S/C17H24N4O3/c1-5-15(16-18-12(3)24-20-16)19-17(23)21(4)11(2)10-13-6-8-14(22)9-7-13/h6-9,11,15,22H,5,10H2,1-4H3,(H,19,23)/t11-,15+/m1/s1. The van der Waals surface area contributed by atoms with Gasteiger partial charge in [0.05, 0.1) is 6.04 Å². The molecule has 0 bridgehead atoms. The first-order valence-electron chi connectivity index (χ1n) is 8.02. The average molecular weight is 332 g/mol. The van der Waals surface area contributed by atoms with E-state index in [1.807, 2.05) is 26.0 Å². The van der Waals surface area contributed by atoms with Crippen LogP contribution in [0.2, 0.25) is 0 Å². The van der Waals surface area contributed by atoms with E-state index >= 15 is 0 Å². The number of phenols is 1. The van der Waals surface area contributed by atoms with Crippen molar-refractivity contribution in [3.8, 4) is 5.75 Å². The van der Waals surface area contributed by atoms with Crippen LogP contribution in [0.25, 0.3) is 0 Å². The van der Waals surface area contributed by atoms with Crippen LogP contribution in [-0.4, -0.2) is 39.3 Å². The lowest BCUT2D eigenvalue weighted by Gasteiger charge is -2.27. The predicted octanol–water partition coefficient (Wildman–Crippen LogP) is 2.81. The minimum Gasteiger partial charge on any atom is -0.508 e. The van der Waals surface area contributed by atoms with Gasteiger partial charge in [-0.1, -0.05) is 24.2 Å². The fraction of sp³-hybridized carbons (Fsp3) is 0.471. The summed E-state index contributed by atoms with van der Waals surface area (Å²) in [6.45, 7) is 5.65. The molecular weight excluding hydrogens is 308 g/mol. The molecule has 7 heteroatoms. The Kier molecular flexibility index (Phi) is 5.78. The number of benzene rings is 1. The van der Waals surface area contributed by atoms with Gasteiger partial charge >= 0.3 is 6.03 Å². The summed E-state index contributed by atoms with van der Waals surface area (Å²) in [5.74, 6) is 1.20. The monoisotopic (exact) mass is 332 g/mol. The molecule has 0 aliphatic rings. The molecule has 0 saturated heterocycles. The molecule has 24 heavy (non-hydrogen) atoms. The van der Waals surface area contributed by atoms with Gasteiger partial charge in [0.25, 0.3) is 0 Å². The number of nitrogens with zero attached hydrogens (tertiary/aromatic N) is 3. The molecule has 0 saturated carbocycles. The molecule has 2 N–H and O–H groups in total. The highest BCUT2D eigenvalue weighted by Crippen LogP contribution is 2.16. The van der Waals surface area contributed by atoms with Crippen LogP contribution in [0.15, 0.2) is 28.8 Å². The normalized spacial score (nSPS) is 13.3. The molecule has 130 valence electrons. The van der Waals surface area contributed by atoms with Crippen molar-refractivity contribution >= 4 is 6.03 Å². The molecule has 0 aliphatic heterocycles. The molecule has 0 aliphatic carbocycles. The van der Waals surface area contributed by atoms with Gasteiger partial charge in [0.15, 0.2) is 5.82 Å². The van der Waals surface area contributed by atoms with Gasteiger partial charge < -0.3 is 19.8 Å². The van der Waals surface area contributed by atoms with Crippen LogP contribution in [-0.2, 0) is 6.42 Å². The number of aryl methyl sites for hydroxylation is 1. The fourth-order valence-electron chi connectivity index (χ4n) is 2.37. The van der Waals surface area contributed by atoms with Gasteiger partial charge in [0, 0.05) is 20.0 Å². The van der Waals surface area contributed by atoms with Gasteiger partial charge in [-0.2, -0.15) is 4.98 Å². The Morgan fingerprint density at radius 3 is 2.58 bits per heavy atom. The zero-order chi connectivity index (χ0) is 17.7. The molecule has 1 heterocycles. The number of carbonyl (C=O) groups is 1. The van der Waals surface area contributed by atoms with E-state index in [1.165, 1.54) is 0 Å². The summed E-state index contributed by atoms with van der Waals surface area (Å²) < 4.78 is 4.98. The molecule has 0 unspecified atom stereocenters. The highest BCUT2D eigenvalue weighted by atomic mass is 16.5. The third-order valence-corrected chi connectivity index (χ3v) is 4.01. The molecule has 1 aromatic carbocycles. The first-order chi connectivity index (χ1) is 11.4. The van der Waals surface area contributed by atoms with Crippen LogP contribution in [0.4, 0.5) is 4.79 Å². The van der Waals surface area contributed by atoms with Crippen molar-refractivity contribution in [2.75, 3.05) is 7.05 Å². The third kappa shape index (κ3) is 4.47. The van der Waals surface area contributed by atoms with Crippen LogP contribution in [0, 0.1) is 6.92 Å². The Bertz CT molecular complexity index is 669. The number of likely N-dealkylation sites (N-methyl/N-ethyl adjacent to an activating group) is 1. The highest BCUT2D eigenvalue weighted by molar-refractivity contribution is 5.74. The van der Waals surface area contributed by atoms with Crippen LogP contribution >= 0.6 is 0 Å². The maximum atomic E-state index is 12.5. The summed E-state index contributed by atoms with van der Waals surface area (Å²) in [6.07, 6.45) is 1.37. The number of urea groups is 1.